The van der Waals surface area contributed by atoms with E-state index >= 15 is 0 Å². The molecule has 1 amide bonds. The van der Waals surface area contributed by atoms with Crippen molar-refractivity contribution in [2.75, 3.05) is 47.3 Å². The van der Waals surface area contributed by atoms with Crippen molar-refractivity contribution in [1.29, 1.82) is 0 Å². The van der Waals surface area contributed by atoms with Crippen LogP contribution in [0.5, 0.6) is 0 Å². The third kappa shape index (κ3) is 6.38. The minimum atomic E-state index is -0.0505. The second kappa shape index (κ2) is 10.0. The lowest BCUT2D eigenvalue weighted by molar-refractivity contribution is 0.0963. The van der Waals surface area contributed by atoms with Crippen molar-refractivity contribution in [3.8, 4) is 0 Å². The van der Waals surface area contributed by atoms with Gasteiger partial charge in [-0.25, -0.2) is 0 Å². The predicted molar refractivity (Wildman–Crippen MR) is 103 cm³/mol. The maximum atomic E-state index is 11.7. The van der Waals surface area contributed by atoms with Crippen LogP contribution in [0.1, 0.15) is 28.8 Å². The van der Waals surface area contributed by atoms with Gasteiger partial charge < -0.3 is 20.9 Å². The number of carbonyl (C=O) groups is 1. The standard InChI is InChI=1S/C19H31N5O/c1-20-18(25)17-6-4-5-15(13-17)7-10-22-19(21-2)23-14-16-8-11-24(3)12-9-16/h4-6,13,16H,7-12,14H2,1-3H3,(H,20,25)(H2,21,22,23). The molecule has 138 valence electrons. The molecule has 0 saturated carbocycles. The Labute approximate surface area is 151 Å². The van der Waals surface area contributed by atoms with Crippen molar-refractivity contribution in [2.45, 2.75) is 19.3 Å². The zero-order valence-corrected chi connectivity index (χ0v) is 15.6. The Bertz CT molecular complexity index is 579. The molecule has 3 N–H and O–H groups in total. The molecule has 1 aliphatic heterocycles. The summed E-state index contributed by atoms with van der Waals surface area (Å²) in [5.41, 5.74) is 1.84. The fraction of sp³-hybridized carbons (Fsp3) is 0.579. The van der Waals surface area contributed by atoms with Gasteiger partial charge in [0.1, 0.15) is 0 Å². The predicted octanol–water partition coefficient (Wildman–Crippen LogP) is 1.10. The number of hydrogen-bond acceptors (Lipinski definition) is 3. The van der Waals surface area contributed by atoms with Crippen LogP contribution < -0.4 is 16.0 Å². The average molecular weight is 345 g/mol. The van der Waals surface area contributed by atoms with Gasteiger partial charge >= 0.3 is 0 Å². The van der Waals surface area contributed by atoms with Crippen LogP contribution in [0.4, 0.5) is 0 Å². The maximum absolute atomic E-state index is 11.7. The fourth-order valence-electron chi connectivity index (χ4n) is 3.07. The summed E-state index contributed by atoms with van der Waals surface area (Å²) in [6.45, 7) is 4.12. The minimum Gasteiger partial charge on any atom is -0.356 e. The molecule has 0 radical (unpaired) electrons. The number of carbonyl (C=O) groups excluding carboxylic acids is 1. The smallest absolute Gasteiger partial charge is 0.251 e. The summed E-state index contributed by atoms with van der Waals surface area (Å²) in [5, 5.41) is 9.45. The summed E-state index contributed by atoms with van der Waals surface area (Å²) in [6, 6.07) is 7.74. The number of nitrogens with zero attached hydrogens (tertiary/aromatic N) is 2. The average Bonchev–Trinajstić information content (AvgIpc) is 2.65. The fourth-order valence-corrected chi connectivity index (χ4v) is 3.07. The number of guanidine groups is 1. The molecule has 1 saturated heterocycles. The number of hydrogen-bond donors (Lipinski definition) is 3. The van der Waals surface area contributed by atoms with Gasteiger partial charge in [0.2, 0.25) is 0 Å². The van der Waals surface area contributed by atoms with E-state index in [0.29, 0.717) is 5.56 Å². The lowest BCUT2D eigenvalue weighted by atomic mass is 9.97. The molecule has 0 spiro atoms. The minimum absolute atomic E-state index is 0.0505. The van der Waals surface area contributed by atoms with Crippen molar-refractivity contribution < 1.29 is 4.79 Å². The van der Waals surface area contributed by atoms with E-state index in [9.17, 15) is 4.79 Å². The molecule has 6 nitrogen and oxygen atoms in total. The quantitative estimate of drug-likeness (QED) is 0.533. The van der Waals surface area contributed by atoms with Gasteiger partial charge in [0.15, 0.2) is 5.96 Å². The highest BCUT2D eigenvalue weighted by atomic mass is 16.1. The van der Waals surface area contributed by atoms with Crippen molar-refractivity contribution >= 4 is 11.9 Å². The number of nitrogens with one attached hydrogen (secondary N) is 3. The van der Waals surface area contributed by atoms with Gasteiger partial charge in [-0.15, -0.1) is 0 Å². The molecule has 0 aliphatic carbocycles. The number of likely N-dealkylation sites (tertiary alicyclic amines) is 1. The molecule has 1 aromatic carbocycles. The van der Waals surface area contributed by atoms with Gasteiger partial charge in [-0.05, 0) is 63.0 Å². The van der Waals surface area contributed by atoms with Crippen molar-refractivity contribution in [3.05, 3.63) is 35.4 Å². The van der Waals surface area contributed by atoms with Crippen LogP contribution in [0.2, 0.25) is 0 Å². The first-order valence-corrected chi connectivity index (χ1v) is 9.06. The summed E-state index contributed by atoms with van der Waals surface area (Å²) >= 11 is 0. The summed E-state index contributed by atoms with van der Waals surface area (Å²) < 4.78 is 0. The molecule has 2 rings (SSSR count). The number of aliphatic imine (C=N–C) groups is 1. The molecular weight excluding hydrogens is 314 g/mol. The zero-order chi connectivity index (χ0) is 18.1. The normalized spacial score (nSPS) is 16.5. The third-order valence-electron chi connectivity index (χ3n) is 4.74. The van der Waals surface area contributed by atoms with E-state index < -0.39 is 0 Å². The largest absolute Gasteiger partial charge is 0.356 e. The Hall–Kier alpha value is -2.08. The van der Waals surface area contributed by atoms with Crippen molar-refractivity contribution in [2.24, 2.45) is 10.9 Å². The van der Waals surface area contributed by atoms with Crippen LogP contribution in [-0.2, 0) is 6.42 Å². The second-order valence-electron chi connectivity index (χ2n) is 6.66. The van der Waals surface area contributed by atoms with Crippen LogP contribution in [0.3, 0.4) is 0 Å². The molecular formula is C19H31N5O. The van der Waals surface area contributed by atoms with Gasteiger partial charge in [0.25, 0.3) is 5.91 Å². The Morgan fingerprint density at radius 3 is 2.72 bits per heavy atom. The molecule has 6 heteroatoms. The lowest BCUT2D eigenvalue weighted by Gasteiger charge is -2.29. The maximum Gasteiger partial charge on any atom is 0.251 e. The van der Waals surface area contributed by atoms with Crippen molar-refractivity contribution in [1.82, 2.24) is 20.9 Å². The Kier molecular flexibility index (Phi) is 7.73. The van der Waals surface area contributed by atoms with Gasteiger partial charge in [0.05, 0.1) is 0 Å². The second-order valence-corrected chi connectivity index (χ2v) is 6.66. The lowest BCUT2D eigenvalue weighted by Crippen LogP contribution is -2.42. The molecule has 1 heterocycles. The van der Waals surface area contributed by atoms with Gasteiger partial charge in [-0.2, -0.15) is 0 Å². The van der Waals surface area contributed by atoms with E-state index in [1.54, 1.807) is 14.1 Å². The monoisotopic (exact) mass is 345 g/mol. The molecule has 0 unspecified atom stereocenters. The Balaban J connectivity index is 1.73. The first-order valence-electron chi connectivity index (χ1n) is 9.06. The van der Waals surface area contributed by atoms with Crippen LogP contribution in [0.15, 0.2) is 29.3 Å². The number of amides is 1. The first-order chi connectivity index (χ1) is 12.1. The molecule has 1 fully saturated rings. The first kappa shape index (κ1) is 19.2. The van der Waals surface area contributed by atoms with Crippen LogP contribution in [0, 0.1) is 5.92 Å². The van der Waals surface area contributed by atoms with Crippen LogP contribution in [-0.4, -0.2) is 64.1 Å². The summed E-state index contributed by atoms with van der Waals surface area (Å²) in [4.78, 5) is 18.4. The summed E-state index contributed by atoms with van der Waals surface area (Å²) in [6.07, 6.45) is 3.33. The van der Waals surface area contributed by atoms with E-state index in [2.05, 4.69) is 32.9 Å². The summed E-state index contributed by atoms with van der Waals surface area (Å²) in [5.74, 6) is 1.52. The highest BCUT2D eigenvalue weighted by Crippen LogP contribution is 2.14. The van der Waals surface area contributed by atoms with Crippen LogP contribution >= 0.6 is 0 Å². The van der Waals surface area contributed by atoms with Gasteiger partial charge in [0, 0.05) is 32.7 Å². The third-order valence-corrected chi connectivity index (χ3v) is 4.74. The molecule has 0 aromatic heterocycles. The molecule has 0 atom stereocenters. The highest BCUT2D eigenvalue weighted by Gasteiger charge is 2.16. The van der Waals surface area contributed by atoms with E-state index in [1.807, 2.05) is 24.3 Å². The van der Waals surface area contributed by atoms with E-state index in [0.717, 1.165) is 37.0 Å². The molecule has 1 aliphatic rings. The number of piperidine rings is 1. The van der Waals surface area contributed by atoms with E-state index in [4.69, 9.17) is 0 Å². The van der Waals surface area contributed by atoms with Crippen LogP contribution in [0.25, 0.3) is 0 Å². The zero-order valence-electron chi connectivity index (χ0n) is 15.6. The molecule has 1 aromatic rings. The molecule has 0 bridgehead atoms. The van der Waals surface area contributed by atoms with Gasteiger partial charge in [-0.1, -0.05) is 12.1 Å². The number of rotatable bonds is 6. The highest BCUT2D eigenvalue weighted by molar-refractivity contribution is 5.94. The molecule has 25 heavy (non-hydrogen) atoms. The van der Waals surface area contributed by atoms with E-state index in [-0.39, 0.29) is 5.91 Å². The van der Waals surface area contributed by atoms with Crippen molar-refractivity contribution in [3.63, 3.8) is 0 Å². The Morgan fingerprint density at radius 2 is 2.04 bits per heavy atom. The SMILES string of the molecule is CN=C(NCCc1cccc(C(=O)NC)c1)NCC1CCN(C)CC1. The topological polar surface area (TPSA) is 68.8 Å². The van der Waals surface area contributed by atoms with Gasteiger partial charge in [-0.3, -0.25) is 9.79 Å². The van der Waals surface area contributed by atoms with E-state index in [1.165, 1.54) is 25.9 Å². The number of benzene rings is 1. The Morgan fingerprint density at radius 1 is 1.28 bits per heavy atom. The summed E-state index contributed by atoms with van der Waals surface area (Å²) in [7, 11) is 5.63.